The first kappa shape index (κ1) is 12.4. The molecule has 0 bridgehead atoms. The number of carboxylic acids is 1. The first-order valence-corrected chi connectivity index (χ1v) is 6.64. The van der Waals surface area contributed by atoms with Gasteiger partial charge in [0.2, 0.25) is 0 Å². The lowest BCUT2D eigenvalue weighted by Gasteiger charge is -2.14. The van der Waals surface area contributed by atoms with E-state index < -0.39 is 5.97 Å². The van der Waals surface area contributed by atoms with Crippen LogP contribution < -0.4 is 5.32 Å². The van der Waals surface area contributed by atoms with Gasteiger partial charge < -0.3 is 10.4 Å². The van der Waals surface area contributed by atoms with Crippen LogP contribution in [0.3, 0.4) is 0 Å². The highest BCUT2D eigenvalue weighted by Crippen LogP contribution is 2.33. The lowest BCUT2D eigenvalue weighted by atomic mass is 10.00. The molecule has 2 atom stereocenters. The fourth-order valence-corrected chi connectivity index (χ4v) is 2.78. The molecular weight excluding hydrogens is 241 g/mol. The van der Waals surface area contributed by atoms with Crippen molar-refractivity contribution in [1.29, 1.82) is 0 Å². The van der Waals surface area contributed by atoms with Crippen molar-refractivity contribution in [2.75, 3.05) is 12.8 Å². The number of aliphatic carboxylic acids is 1. The third kappa shape index (κ3) is 2.61. The number of carboxylic acid groups (broad SMARTS) is 1. The Bertz CT molecular complexity index is 439. The summed E-state index contributed by atoms with van der Waals surface area (Å²) in [7, 11) is 0. The zero-order chi connectivity index (χ0) is 12.4. The lowest BCUT2D eigenvalue weighted by Crippen LogP contribution is -2.17. The van der Waals surface area contributed by atoms with Gasteiger partial charge in [-0.25, -0.2) is 4.39 Å². The van der Waals surface area contributed by atoms with Gasteiger partial charge in [0.05, 0.1) is 5.92 Å². The SMILES string of the molecule is CSc1ccc(F)cc1C1CC(C(=O)O)CN1. The second-order valence-electron chi connectivity index (χ2n) is 4.12. The van der Waals surface area contributed by atoms with Crippen molar-refractivity contribution < 1.29 is 14.3 Å². The monoisotopic (exact) mass is 255 g/mol. The molecular formula is C12H14FNO2S. The minimum atomic E-state index is -0.790. The number of benzene rings is 1. The van der Waals surface area contributed by atoms with E-state index in [1.165, 1.54) is 12.1 Å². The van der Waals surface area contributed by atoms with Crippen LogP contribution in [0.25, 0.3) is 0 Å². The van der Waals surface area contributed by atoms with E-state index >= 15 is 0 Å². The maximum absolute atomic E-state index is 13.2. The van der Waals surface area contributed by atoms with Crippen molar-refractivity contribution in [3.63, 3.8) is 0 Å². The summed E-state index contributed by atoms with van der Waals surface area (Å²) >= 11 is 1.55. The molecule has 1 aromatic carbocycles. The van der Waals surface area contributed by atoms with Crippen LogP contribution in [0.15, 0.2) is 23.1 Å². The van der Waals surface area contributed by atoms with Crippen molar-refractivity contribution in [1.82, 2.24) is 5.32 Å². The second-order valence-corrected chi connectivity index (χ2v) is 4.97. The van der Waals surface area contributed by atoms with Crippen molar-refractivity contribution in [3.05, 3.63) is 29.6 Å². The van der Waals surface area contributed by atoms with Crippen molar-refractivity contribution in [2.45, 2.75) is 17.4 Å². The predicted molar refractivity (Wildman–Crippen MR) is 64.7 cm³/mol. The highest BCUT2D eigenvalue weighted by Gasteiger charge is 2.31. The highest BCUT2D eigenvalue weighted by molar-refractivity contribution is 7.98. The van der Waals surface area contributed by atoms with E-state index in [1.54, 1.807) is 17.8 Å². The third-order valence-corrected chi connectivity index (χ3v) is 3.86. The summed E-state index contributed by atoms with van der Waals surface area (Å²) in [6.45, 7) is 0.449. The predicted octanol–water partition coefficient (Wildman–Crippen LogP) is 2.28. The van der Waals surface area contributed by atoms with Gasteiger partial charge in [-0.3, -0.25) is 4.79 Å². The number of carbonyl (C=O) groups is 1. The Balaban J connectivity index is 2.23. The summed E-state index contributed by atoms with van der Waals surface area (Å²) in [4.78, 5) is 11.9. The maximum Gasteiger partial charge on any atom is 0.307 e. The van der Waals surface area contributed by atoms with Gasteiger partial charge in [-0.05, 0) is 36.4 Å². The maximum atomic E-state index is 13.2. The summed E-state index contributed by atoms with van der Waals surface area (Å²) in [6, 6.07) is 4.60. The van der Waals surface area contributed by atoms with E-state index in [-0.39, 0.29) is 17.8 Å². The van der Waals surface area contributed by atoms with Crippen molar-refractivity contribution in [3.8, 4) is 0 Å². The number of thioether (sulfide) groups is 1. The number of hydrogen-bond acceptors (Lipinski definition) is 3. The number of nitrogens with one attached hydrogen (secondary N) is 1. The lowest BCUT2D eigenvalue weighted by molar-refractivity contribution is -0.141. The molecule has 0 aliphatic carbocycles. The van der Waals surface area contributed by atoms with E-state index in [2.05, 4.69) is 5.32 Å². The van der Waals surface area contributed by atoms with Crippen LogP contribution in [0.5, 0.6) is 0 Å². The molecule has 0 saturated carbocycles. The van der Waals surface area contributed by atoms with E-state index in [9.17, 15) is 9.18 Å². The van der Waals surface area contributed by atoms with E-state index in [0.29, 0.717) is 13.0 Å². The molecule has 0 amide bonds. The van der Waals surface area contributed by atoms with Crippen molar-refractivity contribution >= 4 is 17.7 Å². The molecule has 2 rings (SSSR count). The van der Waals surface area contributed by atoms with Gasteiger partial charge in [-0.1, -0.05) is 0 Å². The van der Waals surface area contributed by atoms with E-state index in [0.717, 1.165) is 10.5 Å². The summed E-state index contributed by atoms with van der Waals surface area (Å²) < 4.78 is 13.2. The van der Waals surface area contributed by atoms with Crippen LogP contribution in [0, 0.1) is 11.7 Å². The molecule has 1 aromatic rings. The Kier molecular flexibility index (Phi) is 3.69. The summed E-state index contributed by atoms with van der Waals surface area (Å²) in [5, 5.41) is 12.1. The average molecular weight is 255 g/mol. The quantitative estimate of drug-likeness (QED) is 0.814. The molecule has 92 valence electrons. The van der Waals surface area contributed by atoms with Crippen molar-refractivity contribution in [2.24, 2.45) is 5.92 Å². The fraction of sp³-hybridized carbons (Fsp3) is 0.417. The third-order valence-electron chi connectivity index (χ3n) is 3.05. The summed E-state index contributed by atoms with van der Waals surface area (Å²) in [5.74, 6) is -1.45. The van der Waals surface area contributed by atoms with Crippen LogP contribution in [0.4, 0.5) is 4.39 Å². The topological polar surface area (TPSA) is 49.3 Å². The van der Waals surface area contributed by atoms with Gasteiger partial charge in [0.15, 0.2) is 0 Å². The Morgan fingerprint density at radius 1 is 1.59 bits per heavy atom. The largest absolute Gasteiger partial charge is 0.481 e. The fourth-order valence-electron chi connectivity index (χ4n) is 2.14. The molecule has 5 heteroatoms. The van der Waals surface area contributed by atoms with Crippen LogP contribution >= 0.6 is 11.8 Å². The number of halogens is 1. The molecule has 0 radical (unpaired) electrons. The van der Waals surface area contributed by atoms with Gasteiger partial charge in [0, 0.05) is 17.5 Å². The van der Waals surface area contributed by atoms with Crippen LogP contribution in [-0.2, 0) is 4.79 Å². The standard InChI is InChI=1S/C12H14FNO2S/c1-17-11-3-2-8(13)5-9(11)10-4-7(6-14-10)12(15)16/h2-3,5,7,10,14H,4,6H2,1H3,(H,15,16). The Labute approximate surface area is 103 Å². The molecule has 17 heavy (non-hydrogen) atoms. The minimum Gasteiger partial charge on any atom is -0.481 e. The molecule has 1 aliphatic rings. The molecule has 0 aromatic heterocycles. The molecule has 1 heterocycles. The highest BCUT2D eigenvalue weighted by atomic mass is 32.2. The Morgan fingerprint density at radius 3 is 2.94 bits per heavy atom. The van der Waals surface area contributed by atoms with Gasteiger partial charge in [0.25, 0.3) is 0 Å². The van der Waals surface area contributed by atoms with E-state index in [1.807, 2.05) is 6.26 Å². The first-order chi connectivity index (χ1) is 8.11. The summed E-state index contributed by atoms with van der Waals surface area (Å²) in [5.41, 5.74) is 0.862. The van der Waals surface area contributed by atoms with Gasteiger partial charge >= 0.3 is 5.97 Å². The van der Waals surface area contributed by atoms with Gasteiger partial charge in [0.1, 0.15) is 5.82 Å². The smallest absolute Gasteiger partial charge is 0.307 e. The summed E-state index contributed by atoms with van der Waals surface area (Å²) in [6.07, 6.45) is 2.45. The van der Waals surface area contributed by atoms with Crippen LogP contribution in [0.1, 0.15) is 18.0 Å². The number of rotatable bonds is 3. The molecule has 0 spiro atoms. The Hall–Kier alpha value is -1.07. The number of hydrogen-bond donors (Lipinski definition) is 2. The van der Waals surface area contributed by atoms with Gasteiger partial charge in [-0.15, -0.1) is 11.8 Å². The van der Waals surface area contributed by atoms with Crippen LogP contribution in [-0.4, -0.2) is 23.9 Å². The van der Waals surface area contributed by atoms with Gasteiger partial charge in [-0.2, -0.15) is 0 Å². The molecule has 1 fully saturated rings. The normalized spacial score (nSPS) is 23.9. The Morgan fingerprint density at radius 2 is 2.35 bits per heavy atom. The van der Waals surface area contributed by atoms with E-state index in [4.69, 9.17) is 5.11 Å². The molecule has 2 unspecified atom stereocenters. The average Bonchev–Trinajstić information content (AvgIpc) is 2.78. The zero-order valence-electron chi connectivity index (χ0n) is 9.44. The minimum absolute atomic E-state index is 0.0609. The first-order valence-electron chi connectivity index (χ1n) is 5.41. The molecule has 1 saturated heterocycles. The molecule has 1 aliphatic heterocycles. The van der Waals surface area contributed by atoms with Crippen LogP contribution in [0.2, 0.25) is 0 Å². The molecule has 3 nitrogen and oxygen atoms in total. The second kappa shape index (κ2) is 5.06. The zero-order valence-corrected chi connectivity index (χ0v) is 10.3. The molecule has 2 N–H and O–H groups in total.